The zero-order chi connectivity index (χ0) is 17.0. The minimum absolute atomic E-state index is 0.217. The zero-order valence-corrected chi connectivity index (χ0v) is 15.8. The molecule has 1 aromatic carbocycles. The average molecular weight is 347 g/mol. The zero-order valence-electron chi connectivity index (χ0n) is 15.0. The lowest BCUT2D eigenvalue weighted by molar-refractivity contribution is -0.135. The maximum absolute atomic E-state index is 13.3. The van der Waals surface area contributed by atoms with Crippen molar-refractivity contribution in [3.8, 4) is 0 Å². The number of rotatable bonds is 5. The lowest BCUT2D eigenvalue weighted by Gasteiger charge is -2.38. The summed E-state index contributed by atoms with van der Waals surface area (Å²) in [5.41, 5.74) is 1.28. The molecule has 3 nitrogen and oxygen atoms in total. The van der Waals surface area contributed by atoms with Crippen LogP contribution in [0.4, 0.5) is 0 Å². The molecule has 0 radical (unpaired) electrons. The Balaban J connectivity index is 1.68. The van der Waals surface area contributed by atoms with Crippen LogP contribution in [-0.4, -0.2) is 42.2 Å². The van der Waals surface area contributed by atoms with Crippen molar-refractivity contribution in [1.29, 1.82) is 0 Å². The Morgan fingerprint density at radius 2 is 1.83 bits per heavy atom. The molecule has 3 rings (SSSR count). The molecule has 1 aromatic rings. The van der Waals surface area contributed by atoms with Gasteiger partial charge in [-0.05, 0) is 64.3 Å². The van der Waals surface area contributed by atoms with E-state index in [2.05, 4.69) is 41.4 Å². The van der Waals surface area contributed by atoms with E-state index in [0.29, 0.717) is 5.91 Å². The van der Waals surface area contributed by atoms with Gasteiger partial charge in [-0.25, -0.2) is 0 Å². The first-order valence-electron chi connectivity index (χ1n) is 9.33. The molecule has 1 saturated carbocycles. The predicted molar refractivity (Wildman–Crippen MR) is 101 cm³/mol. The number of carbonyl (C=O) groups is 1. The summed E-state index contributed by atoms with van der Waals surface area (Å²) in [7, 11) is 2.02. The number of likely N-dealkylation sites (tertiary alicyclic amines) is 1. The van der Waals surface area contributed by atoms with E-state index in [4.69, 9.17) is 0 Å². The maximum Gasteiger partial charge on any atom is 0.239 e. The number of piperidine rings is 1. The van der Waals surface area contributed by atoms with Gasteiger partial charge in [-0.2, -0.15) is 0 Å². The smallest absolute Gasteiger partial charge is 0.239 e. The molecule has 1 saturated heterocycles. The van der Waals surface area contributed by atoms with Gasteiger partial charge in [-0.3, -0.25) is 4.79 Å². The van der Waals surface area contributed by atoms with Gasteiger partial charge >= 0.3 is 0 Å². The van der Waals surface area contributed by atoms with E-state index in [9.17, 15) is 4.79 Å². The van der Waals surface area contributed by atoms with E-state index in [1.807, 2.05) is 18.8 Å². The standard InChI is InChI=1S/C20H30N2OS/c1-16-5-7-18(8-6-16)24-20(11-3-4-12-20)19(23)22-13-9-17(10-14-22)15-21-2/h5-8,17,21H,3-4,9-15H2,1-2H3. The van der Waals surface area contributed by atoms with E-state index < -0.39 is 0 Å². The number of nitrogens with zero attached hydrogens (tertiary/aromatic N) is 1. The number of aryl methyl sites for hydroxylation is 1. The van der Waals surface area contributed by atoms with E-state index in [0.717, 1.165) is 51.2 Å². The number of amides is 1. The van der Waals surface area contributed by atoms with Crippen LogP contribution >= 0.6 is 11.8 Å². The molecule has 1 amide bonds. The third-order valence-electron chi connectivity index (χ3n) is 5.53. The van der Waals surface area contributed by atoms with Crippen LogP contribution in [-0.2, 0) is 4.79 Å². The Hall–Kier alpha value is -1.00. The molecular formula is C20H30N2OS. The van der Waals surface area contributed by atoms with Gasteiger partial charge in [-0.1, -0.05) is 30.5 Å². The number of hydrogen-bond acceptors (Lipinski definition) is 3. The van der Waals surface area contributed by atoms with Crippen molar-refractivity contribution < 1.29 is 4.79 Å². The van der Waals surface area contributed by atoms with Crippen molar-refractivity contribution in [3.63, 3.8) is 0 Å². The third-order valence-corrected chi connectivity index (χ3v) is 7.01. The monoisotopic (exact) mass is 346 g/mol. The first-order chi connectivity index (χ1) is 11.6. The summed E-state index contributed by atoms with van der Waals surface area (Å²) in [6.45, 7) is 5.05. The van der Waals surface area contributed by atoms with Gasteiger partial charge < -0.3 is 10.2 Å². The second-order valence-corrected chi connectivity index (χ2v) is 8.87. The highest BCUT2D eigenvalue weighted by Gasteiger charge is 2.45. The third kappa shape index (κ3) is 3.97. The molecule has 4 heteroatoms. The highest BCUT2D eigenvalue weighted by atomic mass is 32.2. The molecule has 0 spiro atoms. The van der Waals surface area contributed by atoms with Gasteiger partial charge in [0, 0.05) is 18.0 Å². The largest absolute Gasteiger partial charge is 0.341 e. The van der Waals surface area contributed by atoms with Crippen LogP contribution in [0, 0.1) is 12.8 Å². The summed E-state index contributed by atoms with van der Waals surface area (Å²) >= 11 is 1.82. The SMILES string of the molecule is CNCC1CCN(C(=O)C2(Sc3ccc(C)cc3)CCCC2)CC1. The van der Waals surface area contributed by atoms with E-state index in [-0.39, 0.29) is 4.75 Å². The lowest BCUT2D eigenvalue weighted by Crippen LogP contribution is -2.49. The van der Waals surface area contributed by atoms with Gasteiger partial charge in [-0.15, -0.1) is 11.8 Å². The summed E-state index contributed by atoms with van der Waals surface area (Å²) in [6.07, 6.45) is 6.69. The molecule has 1 aliphatic carbocycles. The fourth-order valence-corrected chi connectivity index (χ4v) is 5.49. The Morgan fingerprint density at radius 3 is 2.42 bits per heavy atom. The number of benzene rings is 1. The number of nitrogens with one attached hydrogen (secondary N) is 1. The topological polar surface area (TPSA) is 32.3 Å². The number of carbonyl (C=O) groups excluding carboxylic acids is 1. The minimum Gasteiger partial charge on any atom is -0.341 e. The van der Waals surface area contributed by atoms with Gasteiger partial charge in [0.05, 0.1) is 4.75 Å². The van der Waals surface area contributed by atoms with Gasteiger partial charge in [0.1, 0.15) is 0 Å². The van der Waals surface area contributed by atoms with E-state index in [1.165, 1.54) is 23.3 Å². The fourth-order valence-electron chi connectivity index (χ4n) is 4.05. The summed E-state index contributed by atoms with van der Waals surface area (Å²) in [5, 5.41) is 3.27. The van der Waals surface area contributed by atoms with Gasteiger partial charge in [0.15, 0.2) is 0 Å². The van der Waals surface area contributed by atoms with Crippen LogP contribution in [0.15, 0.2) is 29.2 Å². The molecule has 24 heavy (non-hydrogen) atoms. The van der Waals surface area contributed by atoms with Crippen LogP contribution in [0.3, 0.4) is 0 Å². The Morgan fingerprint density at radius 1 is 1.21 bits per heavy atom. The van der Waals surface area contributed by atoms with Crippen LogP contribution in [0.25, 0.3) is 0 Å². The Labute approximate surface area is 150 Å². The van der Waals surface area contributed by atoms with Crippen LogP contribution < -0.4 is 5.32 Å². The van der Waals surface area contributed by atoms with E-state index in [1.54, 1.807) is 0 Å². The maximum atomic E-state index is 13.3. The van der Waals surface area contributed by atoms with Crippen molar-refractivity contribution in [3.05, 3.63) is 29.8 Å². The molecular weight excluding hydrogens is 316 g/mol. The number of thioether (sulfide) groups is 1. The molecule has 132 valence electrons. The fraction of sp³-hybridized carbons (Fsp3) is 0.650. The average Bonchev–Trinajstić information content (AvgIpc) is 3.07. The van der Waals surface area contributed by atoms with Crippen molar-refractivity contribution >= 4 is 17.7 Å². The summed E-state index contributed by atoms with van der Waals surface area (Å²) < 4.78 is -0.217. The number of hydrogen-bond donors (Lipinski definition) is 1. The highest BCUT2D eigenvalue weighted by molar-refractivity contribution is 8.01. The summed E-state index contributed by atoms with van der Waals surface area (Å²) in [5.74, 6) is 1.12. The molecule has 2 fully saturated rings. The molecule has 0 bridgehead atoms. The Bertz CT molecular complexity index is 543. The first-order valence-corrected chi connectivity index (χ1v) is 10.1. The predicted octanol–water partition coefficient (Wildman–Crippen LogP) is 3.86. The molecule has 1 N–H and O–H groups in total. The highest BCUT2D eigenvalue weighted by Crippen LogP contribution is 2.47. The van der Waals surface area contributed by atoms with Crippen molar-refractivity contribution in [2.24, 2.45) is 5.92 Å². The minimum atomic E-state index is -0.217. The van der Waals surface area contributed by atoms with Crippen molar-refractivity contribution in [2.45, 2.75) is 55.1 Å². The van der Waals surface area contributed by atoms with Gasteiger partial charge in [0.25, 0.3) is 0 Å². The van der Waals surface area contributed by atoms with Crippen LogP contribution in [0.2, 0.25) is 0 Å². The summed E-state index contributed by atoms with van der Waals surface area (Å²) in [4.78, 5) is 16.7. The molecule has 2 aliphatic rings. The van der Waals surface area contributed by atoms with Gasteiger partial charge in [0.2, 0.25) is 5.91 Å². The molecule has 0 aromatic heterocycles. The molecule has 0 unspecified atom stereocenters. The second kappa shape index (κ2) is 7.92. The lowest BCUT2D eigenvalue weighted by atomic mass is 9.95. The van der Waals surface area contributed by atoms with Crippen molar-refractivity contribution in [2.75, 3.05) is 26.7 Å². The first kappa shape index (κ1) is 17.8. The quantitative estimate of drug-likeness (QED) is 0.879. The summed E-state index contributed by atoms with van der Waals surface area (Å²) in [6, 6.07) is 8.65. The second-order valence-electron chi connectivity index (χ2n) is 7.41. The van der Waals surface area contributed by atoms with E-state index >= 15 is 0 Å². The van der Waals surface area contributed by atoms with Crippen LogP contribution in [0.5, 0.6) is 0 Å². The van der Waals surface area contributed by atoms with Crippen LogP contribution in [0.1, 0.15) is 44.1 Å². The molecule has 0 atom stereocenters. The normalized spacial score (nSPS) is 21.2. The molecule has 1 aliphatic heterocycles. The Kier molecular flexibility index (Phi) is 5.88. The molecule has 1 heterocycles. The van der Waals surface area contributed by atoms with Crippen molar-refractivity contribution in [1.82, 2.24) is 10.2 Å².